The molecule has 5 heteroatoms. The number of likely N-dealkylation sites (N-methyl/N-ethyl adjacent to an activating group) is 1. The van der Waals surface area contributed by atoms with Gasteiger partial charge in [0.15, 0.2) is 0 Å². The maximum Gasteiger partial charge on any atom is 0.259 e. The summed E-state index contributed by atoms with van der Waals surface area (Å²) in [5.41, 5.74) is 3.30. The normalized spacial score (nSPS) is 20.6. The van der Waals surface area contributed by atoms with Gasteiger partial charge in [0.05, 0.1) is 11.3 Å². The van der Waals surface area contributed by atoms with E-state index in [2.05, 4.69) is 51.1 Å². The molecule has 2 aromatic carbocycles. The quantitative estimate of drug-likeness (QED) is 0.761. The van der Waals surface area contributed by atoms with Crippen molar-refractivity contribution in [2.45, 2.75) is 12.5 Å². The fraction of sp³-hybridized carbons (Fsp3) is 0.304. The van der Waals surface area contributed by atoms with Crippen LogP contribution in [0.15, 0.2) is 53.5 Å². The molecule has 5 nitrogen and oxygen atoms in total. The molecule has 3 aromatic rings. The minimum absolute atomic E-state index is 0.108. The molecule has 1 unspecified atom stereocenters. The molecule has 2 aliphatic rings. The van der Waals surface area contributed by atoms with E-state index >= 15 is 0 Å². The number of aromatic amines is 1. The highest BCUT2D eigenvalue weighted by molar-refractivity contribution is 5.93. The number of para-hydroxylation sites is 1. The SMILES string of the molecule is CN1CCN(Cc2ccc3[nH]c(C4C=c5ccccc5=NC4=O)cc3c2)CC1. The number of nitrogens with zero attached hydrogens (tertiary/aromatic N) is 3. The lowest BCUT2D eigenvalue weighted by Crippen LogP contribution is -2.43. The third-order valence-corrected chi connectivity index (χ3v) is 5.82. The lowest BCUT2D eigenvalue weighted by molar-refractivity contribution is -0.118. The smallest absolute Gasteiger partial charge is 0.259 e. The van der Waals surface area contributed by atoms with Gasteiger partial charge < -0.3 is 9.88 Å². The highest BCUT2D eigenvalue weighted by Crippen LogP contribution is 2.25. The van der Waals surface area contributed by atoms with Gasteiger partial charge in [-0.3, -0.25) is 9.69 Å². The molecule has 1 fully saturated rings. The summed E-state index contributed by atoms with van der Waals surface area (Å²) in [6, 6.07) is 16.4. The van der Waals surface area contributed by atoms with Crippen molar-refractivity contribution >= 4 is 22.9 Å². The van der Waals surface area contributed by atoms with Crippen LogP contribution in [0.2, 0.25) is 0 Å². The van der Waals surface area contributed by atoms with Crippen LogP contribution in [-0.4, -0.2) is 53.9 Å². The summed E-state index contributed by atoms with van der Waals surface area (Å²) in [4.78, 5) is 25.1. The van der Waals surface area contributed by atoms with Gasteiger partial charge >= 0.3 is 0 Å². The highest BCUT2D eigenvalue weighted by atomic mass is 16.1. The van der Waals surface area contributed by atoms with Gasteiger partial charge in [0, 0.05) is 43.9 Å². The van der Waals surface area contributed by atoms with Crippen molar-refractivity contribution in [1.82, 2.24) is 14.8 Å². The number of carbonyl (C=O) groups is 1. The number of rotatable bonds is 3. The first-order chi connectivity index (χ1) is 13.7. The number of H-pyrrole nitrogens is 1. The standard InChI is InChI=1S/C23H24N4O/c1-26-8-10-27(11-9-26)15-16-6-7-21-18(12-16)14-22(24-21)19-13-17-4-2-3-5-20(17)25-23(19)28/h2-7,12-14,19,24H,8-11,15H2,1H3. The Labute approximate surface area is 164 Å². The molecule has 1 aromatic heterocycles. The maximum absolute atomic E-state index is 12.6. The first kappa shape index (κ1) is 17.3. The zero-order valence-electron chi connectivity index (χ0n) is 16.1. The van der Waals surface area contributed by atoms with Gasteiger partial charge in [0.1, 0.15) is 0 Å². The van der Waals surface area contributed by atoms with E-state index in [-0.39, 0.29) is 11.8 Å². The first-order valence-electron chi connectivity index (χ1n) is 9.88. The number of piperazine rings is 1. The van der Waals surface area contributed by atoms with Gasteiger partial charge in [0.2, 0.25) is 0 Å². The van der Waals surface area contributed by atoms with E-state index in [0.29, 0.717) is 0 Å². The Hall–Kier alpha value is -2.76. The van der Waals surface area contributed by atoms with E-state index in [1.807, 2.05) is 30.3 Å². The summed E-state index contributed by atoms with van der Waals surface area (Å²) >= 11 is 0. The average molecular weight is 372 g/mol. The fourth-order valence-electron chi connectivity index (χ4n) is 4.13. The molecule has 5 rings (SSSR count). The zero-order chi connectivity index (χ0) is 19.1. The Kier molecular flexibility index (Phi) is 4.34. The highest BCUT2D eigenvalue weighted by Gasteiger charge is 2.22. The van der Waals surface area contributed by atoms with E-state index < -0.39 is 0 Å². The number of fused-ring (bicyclic) bond motifs is 2. The van der Waals surface area contributed by atoms with Crippen molar-refractivity contribution in [3.05, 3.63) is 70.4 Å². The second-order valence-corrected chi connectivity index (χ2v) is 7.88. The van der Waals surface area contributed by atoms with Crippen molar-refractivity contribution in [1.29, 1.82) is 0 Å². The van der Waals surface area contributed by atoms with E-state index in [1.54, 1.807) is 0 Å². The number of carbonyl (C=O) groups excluding carboxylic acids is 1. The molecule has 0 bridgehead atoms. The molecule has 1 saturated heterocycles. The topological polar surface area (TPSA) is 51.7 Å². The second-order valence-electron chi connectivity index (χ2n) is 7.88. The lowest BCUT2D eigenvalue weighted by atomic mass is 10.0. The van der Waals surface area contributed by atoms with Gasteiger partial charge in [-0.1, -0.05) is 30.3 Å². The number of hydrogen-bond acceptors (Lipinski definition) is 3. The minimum Gasteiger partial charge on any atom is -0.357 e. The van der Waals surface area contributed by atoms with Crippen LogP contribution in [0, 0.1) is 0 Å². The van der Waals surface area contributed by atoms with Gasteiger partial charge in [-0.05, 0) is 47.5 Å². The van der Waals surface area contributed by atoms with E-state index in [0.717, 1.165) is 59.9 Å². The van der Waals surface area contributed by atoms with Crippen LogP contribution in [0.4, 0.5) is 0 Å². The molecule has 2 aliphatic heterocycles. The summed E-state index contributed by atoms with van der Waals surface area (Å²) in [6.45, 7) is 5.45. The number of nitrogens with one attached hydrogen (secondary N) is 1. The zero-order valence-corrected chi connectivity index (χ0v) is 16.1. The van der Waals surface area contributed by atoms with E-state index in [4.69, 9.17) is 0 Å². The number of amides is 1. The van der Waals surface area contributed by atoms with Crippen molar-refractivity contribution in [2.75, 3.05) is 33.2 Å². The third-order valence-electron chi connectivity index (χ3n) is 5.82. The molecule has 0 aliphatic carbocycles. The predicted molar refractivity (Wildman–Crippen MR) is 111 cm³/mol. The molecular weight excluding hydrogens is 348 g/mol. The third kappa shape index (κ3) is 3.28. The molecule has 1 N–H and O–H groups in total. The van der Waals surface area contributed by atoms with E-state index in [9.17, 15) is 4.79 Å². The molecule has 0 radical (unpaired) electrons. The predicted octanol–water partition coefficient (Wildman–Crippen LogP) is 1.64. The van der Waals surface area contributed by atoms with Crippen LogP contribution >= 0.6 is 0 Å². The Bertz CT molecular complexity index is 1150. The lowest BCUT2D eigenvalue weighted by Gasteiger charge is -2.32. The van der Waals surface area contributed by atoms with E-state index in [1.165, 1.54) is 5.56 Å². The summed E-state index contributed by atoms with van der Waals surface area (Å²) < 4.78 is 0. The van der Waals surface area contributed by atoms with Crippen molar-refractivity contribution < 1.29 is 4.79 Å². The second kappa shape index (κ2) is 7.00. The van der Waals surface area contributed by atoms with Gasteiger partial charge in [-0.2, -0.15) is 0 Å². The molecule has 3 heterocycles. The molecule has 1 amide bonds. The maximum atomic E-state index is 12.6. The van der Waals surface area contributed by atoms with Gasteiger partial charge in [-0.25, -0.2) is 4.99 Å². The molecular formula is C23H24N4O. The molecule has 1 atom stereocenters. The van der Waals surface area contributed by atoms with Crippen LogP contribution in [-0.2, 0) is 11.3 Å². The van der Waals surface area contributed by atoms with Crippen molar-refractivity contribution in [3.8, 4) is 0 Å². The fourth-order valence-corrected chi connectivity index (χ4v) is 4.13. The Morgan fingerprint density at radius 3 is 2.75 bits per heavy atom. The minimum atomic E-state index is -0.344. The number of benzene rings is 2. The average Bonchev–Trinajstić information content (AvgIpc) is 3.12. The summed E-state index contributed by atoms with van der Waals surface area (Å²) in [5, 5.41) is 2.93. The number of hydrogen-bond donors (Lipinski definition) is 1. The van der Waals surface area contributed by atoms with Crippen molar-refractivity contribution in [3.63, 3.8) is 0 Å². The summed E-state index contributed by atoms with van der Waals surface area (Å²) in [6.07, 6.45) is 2.01. The monoisotopic (exact) mass is 372 g/mol. The Morgan fingerprint density at radius 2 is 1.89 bits per heavy atom. The van der Waals surface area contributed by atoms with Crippen LogP contribution in [0.3, 0.4) is 0 Å². The van der Waals surface area contributed by atoms with Crippen LogP contribution in [0.25, 0.3) is 17.0 Å². The van der Waals surface area contributed by atoms with Gasteiger partial charge in [0.25, 0.3) is 5.91 Å². The van der Waals surface area contributed by atoms with Crippen LogP contribution in [0.5, 0.6) is 0 Å². The first-order valence-corrected chi connectivity index (χ1v) is 9.88. The molecule has 0 saturated carbocycles. The van der Waals surface area contributed by atoms with Crippen LogP contribution in [0.1, 0.15) is 17.2 Å². The summed E-state index contributed by atoms with van der Waals surface area (Å²) in [7, 11) is 2.18. The summed E-state index contributed by atoms with van der Waals surface area (Å²) in [5.74, 6) is -0.453. The molecule has 0 spiro atoms. The number of aromatic nitrogens is 1. The Morgan fingerprint density at radius 1 is 1.07 bits per heavy atom. The van der Waals surface area contributed by atoms with Crippen LogP contribution < -0.4 is 10.6 Å². The largest absolute Gasteiger partial charge is 0.357 e. The Balaban J connectivity index is 1.42. The molecule has 28 heavy (non-hydrogen) atoms. The van der Waals surface area contributed by atoms with Gasteiger partial charge in [-0.15, -0.1) is 0 Å². The van der Waals surface area contributed by atoms with Crippen molar-refractivity contribution in [2.24, 2.45) is 4.99 Å². The molecule has 142 valence electrons.